The summed E-state index contributed by atoms with van der Waals surface area (Å²) in [5, 5.41) is 5.27. The lowest BCUT2D eigenvalue weighted by Gasteiger charge is -2.06. The molecule has 15 heavy (non-hydrogen) atoms. The van der Waals surface area contributed by atoms with Crippen LogP contribution in [0.4, 0.5) is 0 Å². The zero-order valence-electron chi connectivity index (χ0n) is 8.87. The lowest BCUT2D eigenvalue weighted by Crippen LogP contribution is -1.98. The molecule has 0 radical (unpaired) electrons. The van der Waals surface area contributed by atoms with E-state index in [9.17, 15) is 0 Å². The van der Waals surface area contributed by atoms with Crippen LogP contribution in [0.2, 0.25) is 0 Å². The average molecular weight is 265 g/mol. The second-order valence-electron chi connectivity index (χ2n) is 3.68. The van der Waals surface area contributed by atoms with Crippen molar-refractivity contribution >= 4 is 15.9 Å². The van der Waals surface area contributed by atoms with E-state index >= 15 is 0 Å². The molecular formula is C12H13BrN2. The number of hydrogen-bond acceptors (Lipinski definition) is 1. The van der Waals surface area contributed by atoms with Gasteiger partial charge in [0.15, 0.2) is 0 Å². The Kier molecular flexibility index (Phi) is 2.91. The predicted molar refractivity (Wildman–Crippen MR) is 65.7 cm³/mol. The number of rotatable bonds is 2. The highest BCUT2D eigenvalue weighted by atomic mass is 79.9. The van der Waals surface area contributed by atoms with E-state index in [2.05, 4.69) is 53.1 Å². The molecule has 0 N–H and O–H groups in total. The van der Waals surface area contributed by atoms with Crippen molar-refractivity contribution in [2.75, 3.05) is 0 Å². The van der Waals surface area contributed by atoms with Gasteiger partial charge in [0.2, 0.25) is 0 Å². The van der Waals surface area contributed by atoms with Crippen LogP contribution >= 0.6 is 15.9 Å². The summed E-state index contributed by atoms with van der Waals surface area (Å²) in [6, 6.07) is 8.42. The van der Waals surface area contributed by atoms with Crippen molar-refractivity contribution in [3.63, 3.8) is 0 Å². The number of aryl methyl sites for hydroxylation is 2. The fourth-order valence-electron chi connectivity index (χ4n) is 1.53. The fourth-order valence-corrected chi connectivity index (χ4v) is 1.83. The van der Waals surface area contributed by atoms with Gasteiger partial charge in [-0.25, -0.2) is 4.68 Å². The Bertz CT molecular complexity index is 474. The van der Waals surface area contributed by atoms with E-state index in [1.54, 1.807) is 0 Å². The highest BCUT2D eigenvalue weighted by Gasteiger charge is 2.03. The molecule has 2 aromatic rings. The van der Waals surface area contributed by atoms with Crippen LogP contribution in [0.15, 0.2) is 30.5 Å². The van der Waals surface area contributed by atoms with Crippen molar-refractivity contribution in [1.29, 1.82) is 0 Å². The molecule has 1 aromatic carbocycles. The third-order valence-corrected chi connectivity index (χ3v) is 2.97. The first kappa shape index (κ1) is 10.4. The molecule has 0 bridgehead atoms. The number of alkyl halides is 1. The molecule has 0 aliphatic carbocycles. The summed E-state index contributed by atoms with van der Waals surface area (Å²) < 4.78 is 1.93. The molecule has 0 amide bonds. The molecule has 2 nitrogen and oxygen atoms in total. The fraction of sp³-hybridized carbons (Fsp3) is 0.250. The van der Waals surface area contributed by atoms with Crippen molar-refractivity contribution in [3.05, 3.63) is 47.3 Å². The van der Waals surface area contributed by atoms with E-state index in [0.717, 1.165) is 16.7 Å². The number of hydrogen-bond donors (Lipinski definition) is 0. The number of halogens is 1. The SMILES string of the molecule is Cc1ccc(C)c(-n2ccc(CBr)n2)c1. The van der Waals surface area contributed by atoms with Gasteiger partial charge in [-0.15, -0.1) is 0 Å². The van der Waals surface area contributed by atoms with Gasteiger partial charge in [-0.05, 0) is 37.1 Å². The first-order valence-corrected chi connectivity index (χ1v) is 6.01. The maximum Gasteiger partial charge on any atom is 0.0734 e. The lowest BCUT2D eigenvalue weighted by atomic mass is 10.1. The summed E-state index contributed by atoms with van der Waals surface area (Å²) >= 11 is 3.40. The van der Waals surface area contributed by atoms with Crippen LogP contribution in [0.1, 0.15) is 16.8 Å². The van der Waals surface area contributed by atoms with E-state index in [4.69, 9.17) is 0 Å². The molecule has 0 unspecified atom stereocenters. The normalized spacial score (nSPS) is 10.6. The van der Waals surface area contributed by atoms with Crippen LogP contribution in [0, 0.1) is 13.8 Å². The van der Waals surface area contributed by atoms with Gasteiger partial charge >= 0.3 is 0 Å². The highest BCUT2D eigenvalue weighted by Crippen LogP contribution is 2.15. The van der Waals surface area contributed by atoms with Gasteiger partial charge in [0, 0.05) is 11.5 Å². The topological polar surface area (TPSA) is 17.8 Å². The Morgan fingerprint density at radius 2 is 2.07 bits per heavy atom. The Morgan fingerprint density at radius 3 is 2.73 bits per heavy atom. The smallest absolute Gasteiger partial charge is 0.0734 e. The largest absolute Gasteiger partial charge is 0.240 e. The molecule has 0 saturated carbocycles. The van der Waals surface area contributed by atoms with Gasteiger partial charge in [-0.1, -0.05) is 28.1 Å². The zero-order valence-corrected chi connectivity index (χ0v) is 10.5. The standard InChI is InChI=1S/C12H13BrN2/c1-9-3-4-10(2)12(7-9)15-6-5-11(8-13)14-15/h3-7H,8H2,1-2H3. The Balaban J connectivity index is 2.48. The minimum atomic E-state index is 0.796. The summed E-state index contributed by atoms with van der Waals surface area (Å²) in [4.78, 5) is 0. The molecule has 0 atom stereocenters. The minimum Gasteiger partial charge on any atom is -0.240 e. The molecule has 2 rings (SSSR count). The van der Waals surface area contributed by atoms with Gasteiger partial charge in [0.1, 0.15) is 0 Å². The van der Waals surface area contributed by atoms with Crippen LogP contribution < -0.4 is 0 Å². The lowest BCUT2D eigenvalue weighted by molar-refractivity contribution is 0.852. The molecule has 1 aromatic heterocycles. The summed E-state index contributed by atoms with van der Waals surface area (Å²) in [6.07, 6.45) is 2.00. The molecule has 0 saturated heterocycles. The molecule has 1 heterocycles. The van der Waals surface area contributed by atoms with Gasteiger partial charge in [0.25, 0.3) is 0 Å². The van der Waals surface area contributed by atoms with E-state index < -0.39 is 0 Å². The third kappa shape index (κ3) is 2.12. The Hall–Kier alpha value is -1.09. The maximum atomic E-state index is 4.47. The highest BCUT2D eigenvalue weighted by molar-refractivity contribution is 9.08. The van der Waals surface area contributed by atoms with Crippen LogP contribution in [0.3, 0.4) is 0 Å². The Labute approximate surface area is 98.1 Å². The van der Waals surface area contributed by atoms with Crippen molar-refractivity contribution in [2.24, 2.45) is 0 Å². The number of aromatic nitrogens is 2. The van der Waals surface area contributed by atoms with Crippen LogP contribution in [0.5, 0.6) is 0 Å². The zero-order chi connectivity index (χ0) is 10.8. The van der Waals surface area contributed by atoms with Crippen molar-refractivity contribution in [3.8, 4) is 5.69 Å². The van der Waals surface area contributed by atoms with E-state index in [1.807, 2.05) is 16.9 Å². The van der Waals surface area contributed by atoms with Crippen LogP contribution in [0.25, 0.3) is 5.69 Å². The second-order valence-corrected chi connectivity index (χ2v) is 4.24. The van der Waals surface area contributed by atoms with E-state index in [-0.39, 0.29) is 0 Å². The van der Waals surface area contributed by atoms with Crippen LogP contribution in [-0.2, 0) is 5.33 Å². The van der Waals surface area contributed by atoms with Gasteiger partial charge in [-0.2, -0.15) is 5.10 Å². The first-order chi connectivity index (χ1) is 7.20. The Morgan fingerprint density at radius 1 is 1.27 bits per heavy atom. The van der Waals surface area contributed by atoms with Gasteiger partial charge in [0.05, 0.1) is 11.4 Å². The predicted octanol–water partition coefficient (Wildman–Crippen LogP) is 3.38. The van der Waals surface area contributed by atoms with E-state index in [1.165, 1.54) is 11.1 Å². The molecular weight excluding hydrogens is 252 g/mol. The quantitative estimate of drug-likeness (QED) is 0.761. The number of benzene rings is 1. The molecule has 3 heteroatoms. The summed E-state index contributed by atoms with van der Waals surface area (Å²) in [5.74, 6) is 0. The molecule has 0 fully saturated rings. The second kappa shape index (κ2) is 4.19. The van der Waals surface area contributed by atoms with E-state index in [0.29, 0.717) is 0 Å². The summed E-state index contributed by atoms with van der Waals surface area (Å²) in [7, 11) is 0. The van der Waals surface area contributed by atoms with Crippen LogP contribution in [-0.4, -0.2) is 9.78 Å². The molecule has 0 aliphatic heterocycles. The molecule has 78 valence electrons. The summed E-state index contributed by atoms with van der Waals surface area (Å²) in [5.41, 5.74) is 4.70. The molecule has 0 spiro atoms. The maximum absolute atomic E-state index is 4.47. The first-order valence-electron chi connectivity index (χ1n) is 4.89. The van der Waals surface area contributed by atoms with Crippen molar-refractivity contribution in [2.45, 2.75) is 19.2 Å². The molecule has 0 aliphatic rings. The monoisotopic (exact) mass is 264 g/mol. The van der Waals surface area contributed by atoms with Crippen molar-refractivity contribution < 1.29 is 0 Å². The average Bonchev–Trinajstić information content (AvgIpc) is 2.70. The number of nitrogens with zero attached hydrogens (tertiary/aromatic N) is 2. The van der Waals surface area contributed by atoms with Gasteiger partial charge in [-0.3, -0.25) is 0 Å². The summed E-state index contributed by atoms with van der Waals surface area (Å²) in [6.45, 7) is 4.20. The minimum absolute atomic E-state index is 0.796. The van der Waals surface area contributed by atoms with Crippen molar-refractivity contribution in [1.82, 2.24) is 9.78 Å². The third-order valence-electron chi connectivity index (χ3n) is 2.39. The van der Waals surface area contributed by atoms with Gasteiger partial charge < -0.3 is 0 Å².